The molecule has 102 valence electrons. The average molecular weight is 329 g/mol. The first-order chi connectivity index (χ1) is 8.51. The normalized spacial score (nSPS) is 14.6. The summed E-state index contributed by atoms with van der Waals surface area (Å²) in [6, 6.07) is 3.56. The molecule has 0 saturated heterocycles. The predicted molar refractivity (Wildman–Crippen MR) is 82.2 cm³/mol. The van der Waals surface area contributed by atoms with Crippen LogP contribution in [0.5, 0.6) is 0 Å². The molecule has 2 unspecified atom stereocenters. The second-order valence-electron chi connectivity index (χ2n) is 3.95. The van der Waals surface area contributed by atoms with E-state index in [4.69, 9.17) is 34.8 Å². The molecule has 0 bridgehead atoms. The van der Waals surface area contributed by atoms with Crippen LogP contribution < -0.4 is 5.32 Å². The molecular weight excluding hydrogens is 313 g/mol. The lowest BCUT2D eigenvalue weighted by atomic mass is 10.2. The second kappa shape index (κ2) is 7.83. The number of thioether (sulfide) groups is 1. The van der Waals surface area contributed by atoms with Crippen molar-refractivity contribution in [3.05, 3.63) is 32.8 Å². The Morgan fingerprint density at radius 2 is 1.89 bits per heavy atom. The molecule has 0 aromatic heterocycles. The van der Waals surface area contributed by atoms with Gasteiger partial charge in [-0.15, -0.1) is 0 Å². The van der Waals surface area contributed by atoms with E-state index in [0.717, 1.165) is 5.56 Å². The number of nitrogens with one attached hydrogen (secondary N) is 1. The van der Waals surface area contributed by atoms with E-state index in [0.29, 0.717) is 21.6 Å². The Balaban J connectivity index is 2.72. The van der Waals surface area contributed by atoms with Crippen LogP contribution in [0.2, 0.25) is 15.1 Å². The molecule has 2 N–H and O–H groups in total. The molecule has 1 aromatic rings. The van der Waals surface area contributed by atoms with E-state index >= 15 is 0 Å². The Bertz CT molecular complexity index is 399. The largest absolute Gasteiger partial charge is 0.395 e. The Kier molecular flexibility index (Phi) is 7.14. The Morgan fingerprint density at radius 1 is 1.28 bits per heavy atom. The molecule has 0 saturated carbocycles. The van der Waals surface area contributed by atoms with Gasteiger partial charge in [-0.1, -0.05) is 34.8 Å². The van der Waals surface area contributed by atoms with E-state index < -0.39 is 0 Å². The van der Waals surface area contributed by atoms with Gasteiger partial charge < -0.3 is 10.4 Å². The van der Waals surface area contributed by atoms with Crippen molar-refractivity contribution in [1.29, 1.82) is 0 Å². The van der Waals surface area contributed by atoms with Crippen molar-refractivity contribution >= 4 is 46.6 Å². The fraction of sp³-hybridized carbons (Fsp3) is 0.500. The highest BCUT2D eigenvalue weighted by molar-refractivity contribution is 7.99. The van der Waals surface area contributed by atoms with Gasteiger partial charge in [0.2, 0.25) is 0 Å². The number of halogens is 3. The summed E-state index contributed by atoms with van der Waals surface area (Å²) < 4.78 is 0. The molecule has 18 heavy (non-hydrogen) atoms. The zero-order valence-corrected chi connectivity index (χ0v) is 13.3. The third-order valence-electron chi connectivity index (χ3n) is 2.78. The van der Waals surface area contributed by atoms with Crippen LogP contribution in [0.15, 0.2) is 12.1 Å². The van der Waals surface area contributed by atoms with Crippen LogP contribution in [0, 0.1) is 0 Å². The standard InChI is InChI=1S/C12H16Cl3NOS/c1-7(11(6-17)18-2)16-5-8-9(13)3-4-10(14)12(8)15/h3-4,7,11,16-17H,5-6H2,1-2H3. The molecule has 0 radical (unpaired) electrons. The minimum atomic E-state index is 0.131. The van der Waals surface area contributed by atoms with Crippen LogP contribution >= 0.6 is 46.6 Å². The number of aliphatic hydroxyl groups excluding tert-OH is 1. The molecule has 0 fully saturated rings. The number of hydrogen-bond acceptors (Lipinski definition) is 3. The Morgan fingerprint density at radius 3 is 2.44 bits per heavy atom. The molecule has 2 nitrogen and oxygen atoms in total. The SMILES string of the molecule is CSC(CO)C(C)NCc1c(Cl)ccc(Cl)c1Cl. The molecule has 6 heteroatoms. The summed E-state index contributed by atoms with van der Waals surface area (Å²) in [6.07, 6.45) is 1.97. The summed E-state index contributed by atoms with van der Waals surface area (Å²) in [7, 11) is 0. The molecule has 0 aliphatic heterocycles. The molecule has 0 heterocycles. The fourth-order valence-corrected chi connectivity index (χ4v) is 2.90. The van der Waals surface area contributed by atoms with Crippen LogP contribution in [-0.2, 0) is 6.54 Å². The van der Waals surface area contributed by atoms with Gasteiger partial charge in [0.1, 0.15) is 0 Å². The van der Waals surface area contributed by atoms with Gasteiger partial charge >= 0.3 is 0 Å². The van der Waals surface area contributed by atoms with E-state index in [1.165, 1.54) is 0 Å². The van der Waals surface area contributed by atoms with Crippen molar-refractivity contribution in [1.82, 2.24) is 5.32 Å². The summed E-state index contributed by atoms with van der Waals surface area (Å²) >= 11 is 19.8. The van der Waals surface area contributed by atoms with Crippen molar-refractivity contribution < 1.29 is 5.11 Å². The van der Waals surface area contributed by atoms with E-state index in [1.54, 1.807) is 23.9 Å². The second-order valence-corrected chi connectivity index (χ2v) is 6.22. The lowest BCUT2D eigenvalue weighted by Crippen LogP contribution is -2.37. The summed E-state index contributed by atoms with van der Waals surface area (Å²) in [4.78, 5) is 0. The predicted octanol–water partition coefficient (Wildman–Crippen LogP) is 3.85. The van der Waals surface area contributed by atoms with Crippen LogP contribution in [0.4, 0.5) is 0 Å². The molecule has 0 aliphatic rings. The number of benzene rings is 1. The van der Waals surface area contributed by atoms with Crippen LogP contribution in [0.1, 0.15) is 12.5 Å². The monoisotopic (exact) mass is 327 g/mol. The lowest BCUT2D eigenvalue weighted by Gasteiger charge is -2.22. The Hall–Kier alpha value is 0.360. The van der Waals surface area contributed by atoms with Crippen molar-refractivity contribution in [2.24, 2.45) is 0 Å². The molecule has 0 spiro atoms. The third kappa shape index (κ3) is 4.19. The first-order valence-electron chi connectivity index (χ1n) is 5.50. The van der Waals surface area contributed by atoms with Crippen molar-refractivity contribution in [3.8, 4) is 0 Å². The topological polar surface area (TPSA) is 32.3 Å². The van der Waals surface area contributed by atoms with Gasteiger partial charge in [0.25, 0.3) is 0 Å². The highest BCUT2D eigenvalue weighted by Crippen LogP contribution is 2.31. The highest BCUT2D eigenvalue weighted by Gasteiger charge is 2.16. The number of aliphatic hydroxyl groups is 1. The van der Waals surface area contributed by atoms with Crippen LogP contribution in [-0.4, -0.2) is 29.3 Å². The molecule has 1 aromatic carbocycles. The first-order valence-corrected chi connectivity index (χ1v) is 7.92. The van der Waals surface area contributed by atoms with Gasteiger partial charge in [0.05, 0.1) is 16.7 Å². The maximum Gasteiger partial charge on any atom is 0.0652 e. The number of rotatable bonds is 6. The van der Waals surface area contributed by atoms with Gasteiger partial charge in [-0.05, 0) is 25.3 Å². The summed E-state index contributed by atoms with van der Waals surface area (Å²) in [5.74, 6) is 0. The van der Waals surface area contributed by atoms with Gasteiger partial charge in [0.15, 0.2) is 0 Å². The summed E-state index contributed by atoms with van der Waals surface area (Å²) in [6.45, 7) is 2.67. The molecule has 0 aliphatic carbocycles. The zero-order chi connectivity index (χ0) is 13.7. The molecule has 2 atom stereocenters. The molecule has 0 amide bonds. The minimum absolute atomic E-state index is 0.131. The first kappa shape index (κ1) is 16.4. The third-order valence-corrected chi connectivity index (χ3v) is 5.14. The Labute approximate surface area is 127 Å². The maximum atomic E-state index is 9.21. The van der Waals surface area contributed by atoms with E-state index in [9.17, 15) is 5.11 Å². The highest BCUT2D eigenvalue weighted by atomic mass is 35.5. The molecular formula is C12H16Cl3NOS. The lowest BCUT2D eigenvalue weighted by molar-refractivity contribution is 0.276. The van der Waals surface area contributed by atoms with Gasteiger partial charge in [-0.25, -0.2) is 0 Å². The summed E-state index contributed by atoms with van der Waals surface area (Å²) in [5.41, 5.74) is 0.787. The zero-order valence-electron chi connectivity index (χ0n) is 10.2. The summed E-state index contributed by atoms with van der Waals surface area (Å²) in [5, 5.41) is 14.2. The maximum absolute atomic E-state index is 9.21. The fourth-order valence-electron chi connectivity index (χ4n) is 1.56. The van der Waals surface area contributed by atoms with Crippen molar-refractivity contribution in [2.45, 2.75) is 24.8 Å². The minimum Gasteiger partial charge on any atom is -0.395 e. The van der Waals surface area contributed by atoms with Crippen LogP contribution in [0.3, 0.4) is 0 Å². The van der Waals surface area contributed by atoms with Gasteiger partial charge in [0, 0.05) is 28.4 Å². The number of hydrogen-bond donors (Lipinski definition) is 2. The van der Waals surface area contributed by atoms with E-state index in [2.05, 4.69) is 5.32 Å². The smallest absolute Gasteiger partial charge is 0.0652 e. The van der Waals surface area contributed by atoms with Crippen LogP contribution in [0.25, 0.3) is 0 Å². The molecule has 1 rings (SSSR count). The van der Waals surface area contributed by atoms with E-state index in [-0.39, 0.29) is 17.9 Å². The van der Waals surface area contributed by atoms with Gasteiger partial charge in [-0.3, -0.25) is 0 Å². The van der Waals surface area contributed by atoms with Gasteiger partial charge in [-0.2, -0.15) is 11.8 Å². The average Bonchev–Trinajstić information content (AvgIpc) is 2.35. The van der Waals surface area contributed by atoms with Crippen molar-refractivity contribution in [2.75, 3.05) is 12.9 Å². The van der Waals surface area contributed by atoms with E-state index in [1.807, 2.05) is 13.2 Å². The quantitative estimate of drug-likeness (QED) is 0.778. The van der Waals surface area contributed by atoms with Crippen molar-refractivity contribution in [3.63, 3.8) is 0 Å².